The number of anilines is 2. The summed E-state index contributed by atoms with van der Waals surface area (Å²) in [5.74, 6) is -0.403. The van der Waals surface area contributed by atoms with E-state index in [-0.39, 0.29) is 22.5 Å². The van der Waals surface area contributed by atoms with E-state index in [0.717, 1.165) is 12.1 Å². The molecule has 0 unspecified atom stereocenters. The first-order valence-electron chi connectivity index (χ1n) is 10.0. The van der Waals surface area contributed by atoms with Crippen LogP contribution < -0.4 is 10.2 Å². The molecule has 0 aromatic heterocycles. The van der Waals surface area contributed by atoms with Crippen LogP contribution in [0.5, 0.6) is 0 Å². The van der Waals surface area contributed by atoms with Crippen molar-refractivity contribution in [3.8, 4) is 0 Å². The van der Waals surface area contributed by atoms with E-state index in [4.69, 9.17) is 0 Å². The molecule has 0 atom stereocenters. The van der Waals surface area contributed by atoms with E-state index in [2.05, 4.69) is 5.32 Å². The highest BCUT2D eigenvalue weighted by Crippen LogP contribution is 2.23. The van der Waals surface area contributed by atoms with Gasteiger partial charge in [-0.1, -0.05) is 30.3 Å². The molecule has 3 aromatic carbocycles. The van der Waals surface area contributed by atoms with Crippen LogP contribution in [0.15, 0.2) is 83.8 Å². The smallest absolute Gasteiger partial charge is 0.255 e. The van der Waals surface area contributed by atoms with Crippen LogP contribution in [0.3, 0.4) is 0 Å². The summed E-state index contributed by atoms with van der Waals surface area (Å²) in [7, 11) is -3.50. The van der Waals surface area contributed by atoms with Crippen molar-refractivity contribution >= 4 is 33.0 Å². The molecule has 0 spiro atoms. The molecule has 2 amide bonds. The maximum Gasteiger partial charge on any atom is 0.255 e. The number of carbonyl (C=O) groups excluding carboxylic acids is 2. The first kappa shape index (κ1) is 20.8. The van der Waals surface area contributed by atoms with Crippen molar-refractivity contribution in [1.82, 2.24) is 0 Å². The summed E-state index contributed by atoms with van der Waals surface area (Å²) in [6.07, 6.45) is 1.42. The Morgan fingerprint density at radius 3 is 2.35 bits per heavy atom. The first-order chi connectivity index (χ1) is 14.9. The van der Waals surface area contributed by atoms with Gasteiger partial charge in [0.25, 0.3) is 5.91 Å². The van der Waals surface area contributed by atoms with Crippen LogP contribution in [0.4, 0.5) is 11.4 Å². The Morgan fingerprint density at radius 2 is 1.68 bits per heavy atom. The number of hydrogen-bond acceptors (Lipinski definition) is 4. The van der Waals surface area contributed by atoms with E-state index in [9.17, 15) is 18.0 Å². The van der Waals surface area contributed by atoms with Crippen LogP contribution in [0.25, 0.3) is 0 Å². The maximum atomic E-state index is 12.7. The lowest BCUT2D eigenvalue weighted by atomic mass is 10.1. The highest BCUT2D eigenvalue weighted by molar-refractivity contribution is 7.90. The minimum absolute atomic E-state index is 0.110. The molecule has 0 saturated carbocycles. The fourth-order valence-electron chi connectivity index (χ4n) is 3.58. The Bertz CT molecular complexity index is 1210. The molecule has 1 heterocycles. The van der Waals surface area contributed by atoms with Gasteiger partial charge in [0.15, 0.2) is 9.84 Å². The lowest BCUT2D eigenvalue weighted by Gasteiger charge is -2.16. The van der Waals surface area contributed by atoms with Crippen LogP contribution in [0.1, 0.15) is 28.8 Å². The molecule has 31 heavy (non-hydrogen) atoms. The lowest BCUT2D eigenvalue weighted by molar-refractivity contribution is -0.117. The summed E-state index contributed by atoms with van der Waals surface area (Å²) in [5.41, 5.74) is 2.33. The molecular formula is C24H22N2O4S. The molecule has 1 N–H and O–H groups in total. The van der Waals surface area contributed by atoms with Gasteiger partial charge in [-0.05, 0) is 60.5 Å². The minimum atomic E-state index is -3.50. The molecule has 1 aliphatic heterocycles. The number of amides is 2. The minimum Gasteiger partial charge on any atom is -0.322 e. The number of hydrogen-bond donors (Lipinski definition) is 1. The van der Waals surface area contributed by atoms with E-state index in [1.807, 2.05) is 12.1 Å². The van der Waals surface area contributed by atoms with Gasteiger partial charge >= 0.3 is 0 Å². The molecule has 1 saturated heterocycles. The van der Waals surface area contributed by atoms with Gasteiger partial charge in [0.1, 0.15) is 0 Å². The molecule has 0 aliphatic carbocycles. The third-order valence-corrected chi connectivity index (χ3v) is 6.86. The van der Waals surface area contributed by atoms with Gasteiger partial charge in [-0.3, -0.25) is 9.59 Å². The van der Waals surface area contributed by atoms with Crippen molar-refractivity contribution in [2.45, 2.75) is 23.5 Å². The SMILES string of the molecule is O=C(Nc1ccc(N2CCCC2=O)cc1)c1cccc(CS(=O)(=O)c2ccccc2)c1. The average Bonchev–Trinajstić information content (AvgIpc) is 3.20. The first-order valence-corrected chi connectivity index (χ1v) is 11.7. The Labute approximate surface area is 181 Å². The van der Waals surface area contributed by atoms with Crippen molar-refractivity contribution in [2.24, 2.45) is 0 Å². The predicted molar refractivity (Wildman–Crippen MR) is 120 cm³/mol. The molecule has 6 nitrogen and oxygen atoms in total. The van der Waals surface area contributed by atoms with Crippen molar-refractivity contribution < 1.29 is 18.0 Å². The molecular weight excluding hydrogens is 412 g/mol. The topological polar surface area (TPSA) is 83.6 Å². The second-order valence-corrected chi connectivity index (χ2v) is 9.41. The zero-order chi connectivity index (χ0) is 21.8. The second kappa shape index (κ2) is 8.73. The monoisotopic (exact) mass is 434 g/mol. The summed E-state index contributed by atoms with van der Waals surface area (Å²) in [5, 5.41) is 2.82. The van der Waals surface area contributed by atoms with E-state index in [1.165, 1.54) is 0 Å². The standard InChI is InChI=1S/C24H22N2O4S/c27-23-10-5-15-26(23)21-13-11-20(12-14-21)25-24(28)19-7-4-6-18(16-19)17-31(29,30)22-8-2-1-3-9-22/h1-4,6-9,11-14,16H,5,10,15,17H2,(H,25,28). The van der Waals surface area contributed by atoms with E-state index < -0.39 is 9.84 Å². The van der Waals surface area contributed by atoms with E-state index in [1.54, 1.807) is 71.6 Å². The zero-order valence-corrected chi connectivity index (χ0v) is 17.6. The van der Waals surface area contributed by atoms with Crippen molar-refractivity contribution in [2.75, 3.05) is 16.8 Å². The second-order valence-electron chi connectivity index (χ2n) is 7.42. The van der Waals surface area contributed by atoms with E-state index >= 15 is 0 Å². The largest absolute Gasteiger partial charge is 0.322 e. The number of benzene rings is 3. The summed E-state index contributed by atoms with van der Waals surface area (Å²) < 4.78 is 25.2. The lowest BCUT2D eigenvalue weighted by Crippen LogP contribution is -2.23. The molecule has 4 rings (SSSR count). The van der Waals surface area contributed by atoms with Crippen LogP contribution in [0.2, 0.25) is 0 Å². The normalized spacial score (nSPS) is 13.9. The predicted octanol–water partition coefficient (Wildman–Crippen LogP) is 4.04. The molecule has 0 bridgehead atoms. The Morgan fingerprint density at radius 1 is 0.935 bits per heavy atom. The van der Waals surface area contributed by atoms with Crippen molar-refractivity contribution in [1.29, 1.82) is 0 Å². The molecule has 1 aliphatic rings. The van der Waals surface area contributed by atoms with Gasteiger partial charge in [0, 0.05) is 29.9 Å². The zero-order valence-electron chi connectivity index (χ0n) is 16.8. The highest BCUT2D eigenvalue weighted by Gasteiger charge is 2.21. The summed E-state index contributed by atoms with van der Waals surface area (Å²) in [4.78, 5) is 26.5. The van der Waals surface area contributed by atoms with Crippen LogP contribution in [-0.2, 0) is 20.4 Å². The molecule has 1 fully saturated rings. The van der Waals surface area contributed by atoms with Gasteiger partial charge in [0.2, 0.25) is 5.91 Å². The van der Waals surface area contributed by atoms with Crippen molar-refractivity contribution in [3.05, 3.63) is 90.0 Å². The van der Waals surface area contributed by atoms with Crippen LogP contribution >= 0.6 is 0 Å². The third kappa shape index (κ3) is 4.83. The van der Waals surface area contributed by atoms with Gasteiger partial charge in [-0.2, -0.15) is 0 Å². The van der Waals surface area contributed by atoms with Gasteiger partial charge in [-0.25, -0.2) is 8.42 Å². The van der Waals surface area contributed by atoms with E-state index in [0.29, 0.717) is 29.8 Å². The number of rotatable bonds is 6. The number of nitrogens with zero attached hydrogens (tertiary/aromatic N) is 1. The molecule has 3 aromatic rings. The number of nitrogens with one attached hydrogen (secondary N) is 1. The quantitative estimate of drug-likeness (QED) is 0.635. The highest BCUT2D eigenvalue weighted by atomic mass is 32.2. The van der Waals surface area contributed by atoms with Crippen molar-refractivity contribution in [3.63, 3.8) is 0 Å². The Kier molecular flexibility index (Phi) is 5.86. The van der Waals surface area contributed by atoms with Gasteiger partial charge < -0.3 is 10.2 Å². The average molecular weight is 435 g/mol. The Balaban J connectivity index is 1.45. The maximum absolute atomic E-state index is 12.7. The third-order valence-electron chi connectivity index (χ3n) is 5.16. The number of sulfone groups is 1. The molecule has 7 heteroatoms. The van der Waals surface area contributed by atoms with Crippen LogP contribution in [0, 0.1) is 0 Å². The van der Waals surface area contributed by atoms with Gasteiger partial charge in [0.05, 0.1) is 10.6 Å². The van der Waals surface area contributed by atoms with Crippen LogP contribution in [-0.4, -0.2) is 26.8 Å². The molecule has 158 valence electrons. The summed E-state index contributed by atoms with van der Waals surface area (Å²) in [6, 6.07) is 22.0. The van der Waals surface area contributed by atoms with Gasteiger partial charge in [-0.15, -0.1) is 0 Å². The summed E-state index contributed by atoms with van der Waals surface area (Å²) >= 11 is 0. The number of carbonyl (C=O) groups is 2. The molecule has 0 radical (unpaired) electrons. The summed E-state index contributed by atoms with van der Waals surface area (Å²) in [6.45, 7) is 0.712. The fourth-order valence-corrected chi connectivity index (χ4v) is 4.94. The fraction of sp³-hybridized carbons (Fsp3) is 0.167. The Hall–Kier alpha value is -3.45.